The van der Waals surface area contributed by atoms with Crippen LogP contribution in [0.15, 0.2) is 60.8 Å². The van der Waals surface area contributed by atoms with Gasteiger partial charge in [-0.2, -0.15) is 0 Å². The van der Waals surface area contributed by atoms with Crippen molar-refractivity contribution in [3.8, 4) is 22.4 Å². The summed E-state index contributed by atoms with van der Waals surface area (Å²) in [4.78, 5) is 26.3. The summed E-state index contributed by atoms with van der Waals surface area (Å²) in [7, 11) is -1.08. The Bertz CT molecular complexity index is 1740. The average Bonchev–Trinajstić information content (AvgIpc) is 3.67. The first-order valence-corrected chi connectivity index (χ1v) is 16.6. The number of aromatic amines is 1. The van der Waals surface area contributed by atoms with Gasteiger partial charge in [-0.15, -0.1) is 12.4 Å². The number of benzene rings is 2. The fourth-order valence-corrected chi connectivity index (χ4v) is 8.57. The number of nitrogens with one attached hydrogen (secondary N) is 1. The van der Waals surface area contributed by atoms with E-state index in [0.717, 1.165) is 90.0 Å². The van der Waals surface area contributed by atoms with Crippen molar-refractivity contribution in [2.24, 2.45) is 0 Å². The molecule has 0 unspecified atom stereocenters. The van der Waals surface area contributed by atoms with E-state index in [4.69, 9.17) is 4.98 Å². The lowest BCUT2D eigenvalue weighted by atomic mass is 9.78. The molecule has 4 aromatic rings. The van der Waals surface area contributed by atoms with E-state index in [9.17, 15) is 13.2 Å². The molecule has 9 heteroatoms. The third-order valence-electron chi connectivity index (χ3n) is 9.66. The van der Waals surface area contributed by atoms with Crippen LogP contribution >= 0.6 is 12.4 Å². The molecular weight excluding hydrogens is 568 g/mol. The SMILES string of the molecule is CN1C(=O)C2(CCCC2)c2c1cnc1[nH]c(-c3ccc(CN4CCC(S(C)(=O)=O)CC4)cc3)c(-c3ccccc3)c21.Cl. The van der Waals surface area contributed by atoms with Crippen LogP contribution in [0.2, 0.25) is 0 Å². The lowest BCUT2D eigenvalue weighted by Gasteiger charge is -2.31. The number of likely N-dealkylation sites (tertiary alicyclic amines) is 1. The summed E-state index contributed by atoms with van der Waals surface area (Å²) in [6, 6.07) is 19.1. The molecule has 3 aliphatic rings. The highest BCUT2D eigenvalue weighted by Crippen LogP contribution is 2.55. The Morgan fingerprint density at radius 2 is 1.64 bits per heavy atom. The van der Waals surface area contributed by atoms with Crippen molar-refractivity contribution in [3.63, 3.8) is 0 Å². The Balaban J connectivity index is 0.00000316. The summed E-state index contributed by atoms with van der Waals surface area (Å²) in [6.07, 6.45) is 8.51. The maximum Gasteiger partial charge on any atom is 0.237 e. The smallest absolute Gasteiger partial charge is 0.237 e. The molecule has 0 atom stereocenters. The van der Waals surface area contributed by atoms with Crippen molar-refractivity contribution < 1.29 is 13.2 Å². The first kappa shape index (κ1) is 28.9. The zero-order valence-electron chi connectivity index (χ0n) is 24.1. The molecule has 1 aliphatic carbocycles. The minimum atomic E-state index is -2.97. The number of amides is 1. The van der Waals surface area contributed by atoms with E-state index in [0.29, 0.717) is 12.8 Å². The van der Waals surface area contributed by atoms with Crippen molar-refractivity contribution in [1.82, 2.24) is 14.9 Å². The number of hydrogen-bond acceptors (Lipinski definition) is 5. The second kappa shape index (κ2) is 10.8. The number of halogens is 1. The molecular formula is C33H37ClN4O3S. The Morgan fingerprint density at radius 1 is 0.976 bits per heavy atom. The third-order valence-corrected chi connectivity index (χ3v) is 11.3. The van der Waals surface area contributed by atoms with E-state index in [2.05, 4.69) is 58.4 Å². The highest BCUT2D eigenvalue weighted by atomic mass is 35.5. The Labute approximate surface area is 253 Å². The summed E-state index contributed by atoms with van der Waals surface area (Å²) in [5.74, 6) is 0.200. The second-order valence-electron chi connectivity index (χ2n) is 12.1. The molecule has 1 saturated carbocycles. The number of piperidine rings is 1. The first-order valence-electron chi connectivity index (χ1n) is 14.7. The molecule has 2 aliphatic heterocycles. The maximum atomic E-state index is 13.7. The number of anilines is 1. The average molecular weight is 605 g/mol. The molecule has 1 N–H and O–H groups in total. The van der Waals surface area contributed by atoms with Gasteiger partial charge in [-0.1, -0.05) is 67.4 Å². The van der Waals surface area contributed by atoms with Crippen LogP contribution in [0.25, 0.3) is 33.4 Å². The minimum absolute atomic E-state index is 0. The predicted molar refractivity (Wildman–Crippen MR) is 171 cm³/mol. The number of carbonyl (C=O) groups excluding carboxylic acids is 1. The third kappa shape index (κ3) is 4.64. The summed E-state index contributed by atoms with van der Waals surface area (Å²) < 4.78 is 23.9. The molecule has 7 rings (SSSR count). The molecule has 1 saturated heterocycles. The normalized spacial score (nSPS) is 19.0. The summed E-state index contributed by atoms with van der Waals surface area (Å²) in [5, 5.41) is 0.856. The largest absolute Gasteiger partial charge is 0.339 e. The lowest BCUT2D eigenvalue weighted by molar-refractivity contribution is -0.122. The monoisotopic (exact) mass is 604 g/mol. The number of sulfone groups is 1. The maximum absolute atomic E-state index is 13.7. The van der Waals surface area contributed by atoms with Crippen LogP contribution in [0, 0.1) is 0 Å². The summed E-state index contributed by atoms with van der Waals surface area (Å²) in [6.45, 7) is 2.40. The second-order valence-corrected chi connectivity index (χ2v) is 14.5. The number of nitrogens with zero attached hydrogens (tertiary/aromatic N) is 3. The molecule has 42 heavy (non-hydrogen) atoms. The Hall–Kier alpha value is -3.20. The topological polar surface area (TPSA) is 86.4 Å². The predicted octanol–water partition coefficient (Wildman–Crippen LogP) is 6.12. The number of likely N-dealkylation sites (N-methyl/N-ethyl adjacent to an activating group) is 1. The molecule has 1 spiro atoms. The zero-order valence-corrected chi connectivity index (χ0v) is 25.7. The molecule has 0 radical (unpaired) electrons. The van der Waals surface area contributed by atoms with Crippen LogP contribution in [0.4, 0.5) is 5.69 Å². The van der Waals surface area contributed by atoms with E-state index in [1.807, 2.05) is 24.2 Å². The Morgan fingerprint density at radius 3 is 2.29 bits per heavy atom. The van der Waals surface area contributed by atoms with Gasteiger partial charge in [0.15, 0.2) is 0 Å². The van der Waals surface area contributed by atoms with E-state index in [1.54, 1.807) is 0 Å². The van der Waals surface area contributed by atoms with Crippen LogP contribution in [0.5, 0.6) is 0 Å². The molecule has 7 nitrogen and oxygen atoms in total. The van der Waals surface area contributed by atoms with Gasteiger partial charge in [0.05, 0.1) is 28.2 Å². The van der Waals surface area contributed by atoms with Crippen molar-refractivity contribution >= 4 is 44.9 Å². The number of aromatic nitrogens is 2. The molecule has 2 aromatic heterocycles. The number of hydrogen-bond donors (Lipinski definition) is 1. The van der Waals surface area contributed by atoms with Gasteiger partial charge in [0.1, 0.15) is 15.5 Å². The van der Waals surface area contributed by atoms with Gasteiger partial charge >= 0.3 is 0 Å². The van der Waals surface area contributed by atoms with Gasteiger partial charge in [-0.25, -0.2) is 13.4 Å². The van der Waals surface area contributed by atoms with Gasteiger partial charge in [0.2, 0.25) is 5.91 Å². The molecule has 2 fully saturated rings. The fourth-order valence-electron chi connectivity index (χ4n) is 7.50. The van der Waals surface area contributed by atoms with Gasteiger partial charge in [0, 0.05) is 36.4 Å². The van der Waals surface area contributed by atoms with Crippen molar-refractivity contribution in [2.45, 2.75) is 55.7 Å². The van der Waals surface area contributed by atoms with Gasteiger partial charge in [-0.3, -0.25) is 9.69 Å². The number of carbonyl (C=O) groups is 1. The Kier molecular flexibility index (Phi) is 7.44. The number of H-pyrrole nitrogens is 1. The van der Waals surface area contributed by atoms with Crippen LogP contribution in [0.3, 0.4) is 0 Å². The van der Waals surface area contributed by atoms with E-state index in [1.165, 1.54) is 11.8 Å². The zero-order chi connectivity index (χ0) is 28.4. The highest BCUT2D eigenvalue weighted by Gasteiger charge is 2.52. The summed E-state index contributed by atoms with van der Waals surface area (Å²) in [5.41, 5.74) is 7.95. The fraction of sp³-hybridized carbons (Fsp3) is 0.394. The van der Waals surface area contributed by atoms with Crippen LogP contribution < -0.4 is 4.90 Å². The molecule has 1 amide bonds. The van der Waals surface area contributed by atoms with Crippen molar-refractivity contribution in [1.29, 1.82) is 0 Å². The minimum Gasteiger partial charge on any atom is -0.339 e. The van der Waals surface area contributed by atoms with E-state index < -0.39 is 15.3 Å². The van der Waals surface area contributed by atoms with E-state index in [-0.39, 0.29) is 23.6 Å². The molecule has 2 aromatic carbocycles. The van der Waals surface area contributed by atoms with Crippen molar-refractivity contribution in [3.05, 3.63) is 71.9 Å². The van der Waals surface area contributed by atoms with Gasteiger partial charge in [-0.05, 0) is 55.5 Å². The lowest BCUT2D eigenvalue weighted by Crippen LogP contribution is -2.38. The van der Waals surface area contributed by atoms with Crippen LogP contribution in [0.1, 0.15) is 49.7 Å². The molecule has 220 valence electrons. The molecule has 0 bridgehead atoms. The van der Waals surface area contributed by atoms with Crippen LogP contribution in [-0.4, -0.2) is 60.8 Å². The summed E-state index contributed by atoms with van der Waals surface area (Å²) >= 11 is 0. The highest BCUT2D eigenvalue weighted by molar-refractivity contribution is 7.91. The standard InChI is InChI=1S/C33H36N4O3S.ClH/c1-36-26-20-34-31-28(29(26)33(32(36)38)16-6-7-17-33)27(23-8-4-3-5-9-23)30(35-31)24-12-10-22(11-13-24)21-37-18-14-25(15-19-37)41(2,39)40;/h3-5,8-13,20,25H,6-7,14-19,21H2,1-2H3,(H,34,35);1H. The van der Waals surface area contributed by atoms with Gasteiger partial charge < -0.3 is 9.88 Å². The molecule has 4 heterocycles. The first-order chi connectivity index (χ1) is 19.8. The van der Waals surface area contributed by atoms with Crippen molar-refractivity contribution in [2.75, 3.05) is 31.3 Å². The number of rotatable bonds is 5. The quantitative estimate of drug-likeness (QED) is 0.297. The van der Waals surface area contributed by atoms with Crippen LogP contribution in [-0.2, 0) is 26.6 Å². The number of fused-ring (bicyclic) bond motifs is 4. The van der Waals surface area contributed by atoms with E-state index >= 15 is 0 Å². The van der Waals surface area contributed by atoms with Gasteiger partial charge in [0.25, 0.3) is 0 Å². The number of pyridine rings is 1.